The van der Waals surface area contributed by atoms with E-state index in [0.717, 1.165) is 11.1 Å². The van der Waals surface area contributed by atoms with Gasteiger partial charge in [-0.1, -0.05) is 56.3 Å². The predicted molar refractivity (Wildman–Crippen MR) is 161 cm³/mol. The first-order chi connectivity index (χ1) is 20.5. The van der Waals surface area contributed by atoms with E-state index in [-0.39, 0.29) is 35.6 Å². The summed E-state index contributed by atoms with van der Waals surface area (Å²) in [5, 5.41) is 10.8. The van der Waals surface area contributed by atoms with Gasteiger partial charge in [-0.2, -0.15) is 21.6 Å². The largest absolute Gasteiger partial charge is 0.512 e. The molecule has 12 heteroatoms. The molecule has 0 radical (unpaired) electrons. The number of nitrogens with one attached hydrogen (secondary N) is 1. The summed E-state index contributed by atoms with van der Waals surface area (Å²) in [6.07, 6.45) is -4.00. The minimum atomic E-state index is -4.44. The number of nitrogen functional groups attached to an aromatic ring is 1. The number of alkyl halides is 3. The van der Waals surface area contributed by atoms with Crippen LogP contribution in [0.3, 0.4) is 0 Å². The van der Waals surface area contributed by atoms with Crippen LogP contribution in [0.2, 0.25) is 0 Å². The molecule has 0 aliphatic carbocycles. The second-order valence-electron chi connectivity index (χ2n) is 12.0. The average molecular weight is 632 g/mol. The number of carbonyl (C=O) groups is 1. The molecule has 0 saturated carbocycles. The number of benzene rings is 2. The van der Waals surface area contributed by atoms with Gasteiger partial charge in [0.15, 0.2) is 5.03 Å². The number of anilines is 2. The number of esters is 1. The first-order valence-electron chi connectivity index (χ1n) is 14.1. The molecule has 0 spiro atoms. The number of ether oxygens (including phenoxy) is 1. The first kappa shape index (κ1) is 32.8. The maximum atomic E-state index is 13.2. The maximum Gasteiger partial charge on any atom is 0.389 e. The number of sulfonamides is 1. The van der Waals surface area contributed by atoms with Gasteiger partial charge in [-0.25, -0.2) is 9.78 Å². The SMILES string of the molecule is CC(C)(CC1=C(O)C[C@@](CCc2ccccc2)(CCC(F)(F)F)OC1=O)Cc1cccc(NS(=O)(=O)c2ccc(N)cn2)c1. The van der Waals surface area contributed by atoms with Crippen molar-refractivity contribution in [1.29, 1.82) is 0 Å². The molecule has 44 heavy (non-hydrogen) atoms. The molecule has 0 saturated heterocycles. The Morgan fingerprint density at radius 2 is 1.70 bits per heavy atom. The number of pyridine rings is 1. The maximum absolute atomic E-state index is 13.2. The number of cyclic esters (lactones) is 1. The van der Waals surface area contributed by atoms with Gasteiger partial charge in [0.25, 0.3) is 10.0 Å². The summed E-state index contributed by atoms with van der Waals surface area (Å²) in [7, 11) is -3.96. The summed E-state index contributed by atoms with van der Waals surface area (Å²) >= 11 is 0. The zero-order valence-corrected chi connectivity index (χ0v) is 25.3. The Labute approximate surface area is 255 Å². The lowest BCUT2D eigenvalue weighted by atomic mass is 9.77. The number of hydrogen-bond donors (Lipinski definition) is 3. The first-order valence-corrected chi connectivity index (χ1v) is 15.6. The van der Waals surface area contributed by atoms with Crippen molar-refractivity contribution in [3.05, 3.63) is 95.4 Å². The Morgan fingerprint density at radius 1 is 1.00 bits per heavy atom. The third-order valence-electron chi connectivity index (χ3n) is 7.52. The van der Waals surface area contributed by atoms with Crippen LogP contribution in [0.15, 0.2) is 89.3 Å². The van der Waals surface area contributed by atoms with Gasteiger partial charge in [0, 0.05) is 18.5 Å². The van der Waals surface area contributed by atoms with Crippen molar-refractivity contribution in [3.63, 3.8) is 0 Å². The highest BCUT2D eigenvalue weighted by molar-refractivity contribution is 7.92. The number of rotatable bonds is 12. The van der Waals surface area contributed by atoms with Gasteiger partial charge in [-0.3, -0.25) is 4.72 Å². The Kier molecular flexibility index (Phi) is 9.62. The van der Waals surface area contributed by atoms with E-state index in [2.05, 4.69) is 9.71 Å². The summed E-state index contributed by atoms with van der Waals surface area (Å²) < 4.78 is 73.4. The lowest BCUT2D eigenvalue weighted by Gasteiger charge is -2.39. The highest BCUT2D eigenvalue weighted by atomic mass is 32.2. The van der Waals surface area contributed by atoms with Crippen molar-refractivity contribution in [2.24, 2.45) is 5.41 Å². The molecule has 1 aliphatic heterocycles. The van der Waals surface area contributed by atoms with Crippen LogP contribution in [0.5, 0.6) is 0 Å². The second-order valence-corrected chi connectivity index (χ2v) is 13.7. The minimum absolute atomic E-state index is 0.0311. The molecule has 8 nitrogen and oxygen atoms in total. The van der Waals surface area contributed by atoms with Crippen molar-refractivity contribution in [2.45, 2.75) is 75.6 Å². The van der Waals surface area contributed by atoms with Gasteiger partial charge >= 0.3 is 12.1 Å². The molecule has 1 atom stereocenters. The predicted octanol–water partition coefficient (Wildman–Crippen LogP) is 6.90. The van der Waals surface area contributed by atoms with E-state index in [9.17, 15) is 31.5 Å². The number of nitrogens with two attached hydrogens (primary N) is 1. The third kappa shape index (κ3) is 8.98. The Morgan fingerprint density at radius 3 is 2.34 bits per heavy atom. The number of nitrogens with zero attached hydrogens (tertiary/aromatic N) is 1. The van der Waals surface area contributed by atoms with Gasteiger partial charge < -0.3 is 15.6 Å². The van der Waals surface area contributed by atoms with E-state index >= 15 is 0 Å². The fraction of sp³-hybridized carbons (Fsp3) is 0.375. The van der Waals surface area contributed by atoms with Crippen LogP contribution >= 0.6 is 0 Å². The molecule has 1 aliphatic rings. The topological polar surface area (TPSA) is 132 Å². The molecule has 1 aromatic heterocycles. The average Bonchev–Trinajstić information content (AvgIpc) is 2.93. The normalized spacial score (nSPS) is 17.8. The molecule has 0 amide bonds. The van der Waals surface area contributed by atoms with E-state index in [4.69, 9.17) is 10.5 Å². The van der Waals surface area contributed by atoms with Gasteiger partial charge in [-0.15, -0.1) is 0 Å². The van der Waals surface area contributed by atoms with Crippen LogP contribution in [0.1, 0.15) is 57.1 Å². The van der Waals surface area contributed by atoms with Crippen LogP contribution in [-0.4, -0.2) is 36.3 Å². The van der Waals surface area contributed by atoms with Gasteiger partial charge in [-0.05, 0) is 72.9 Å². The van der Waals surface area contributed by atoms with Crippen LogP contribution in [-0.2, 0) is 32.4 Å². The second kappa shape index (κ2) is 12.9. The standard InChI is InChI=1S/C32H36F3N3O5S/c1-30(2,18-23-9-6-10-25(17-23)38-44(41,42)28-12-11-24(36)21-37-28)19-26-27(39)20-31(43-29(26)40,15-16-32(33,34)35)14-13-22-7-4-3-5-8-22/h3-12,17,21,38-39H,13-16,18-20,36H2,1-2H3/t31-/m1/s1. The molecule has 4 N–H and O–H groups in total. The fourth-order valence-electron chi connectivity index (χ4n) is 5.38. The Hall–Kier alpha value is -4.06. The highest BCUT2D eigenvalue weighted by Crippen LogP contribution is 2.42. The van der Waals surface area contributed by atoms with Crippen LogP contribution < -0.4 is 10.5 Å². The molecule has 2 aromatic carbocycles. The molecular weight excluding hydrogens is 595 g/mol. The number of aryl methyl sites for hydroxylation is 1. The zero-order valence-electron chi connectivity index (χ0n) is 24.5. The Balaban J connectivity index is 1.48. The molecule has 236 valence electrons. The number of aliphatic hydroxyl groups is 1. The van der Waals surface area contributed by atoms with Crippen LogP contribution in [0.4, 0.5) is 24.5 Å². The molecule has 4 rings (SSSR count). The summed E-state index contributed by atoms with van der Waals surface area (Å²) in [6, 6.07) is 18.7. The quantitative estimate of drug-likeness (QED) is 0.185. The monoisotopic (exact) mass is 631 g/mol. The van der Waals surface area contributed by atoms with Crippen molar-refractivity contribution >= 4 is 27.4 Å². The summed E-state index contributed by atoms with van der Waals surface area (Å²) in [6.45, 7) is 3.74. The number of aromatic nitrogens is 1. The lowest BCUT2D eigenvalue weighted by molar-refractivity contribution is -0.173. The summed E-state index contributed by atoms with van der Waals surface area (Å²) in [5.41, 5.74) is 5.81. The number of aliphatic hydroxyl groups excluding tert-OH is 1. The molecule has 0 bridgehead atoms. The van der Waals surface area contributed by atoms with E-state index in [1.54, 1.807) is 24.3 Å². The number of halogens is 3. The van der Waals surface area contributed by atoms with E-state index in [1.807, 2.05) is 44.2 Å². The van der Waals surface area contributed by atoms with Gasteiger partial charge in [0.1, 0.15) is 11.4 Å². The number of carbonyl (C=O) groups excluding carboxylic acids is 1. The van der Waals surface area contributed by atoms with E-state index in [1.165, 1.54) is 18.3 Å². The third-order valence-corrected chi connectivity index (χ3v) is 8.82. The Bertz CT molecular complexity index is 1610. The van der Waals surface area contributed by atoms with Crippen molar-refractivity contribution in [3.8, 4) is 0 Å². The zero-order chi connectivity index (χ0) is 32.2. The van der Waals surface area contributed by atoms with Crippen molar-refractivity contribution in [1.82, 2.24) is 4.98 Å². The highest BCUT2D eigenvalue weighted by Gasteiger charge is 2.45. The van der Waals surface area contributed by atoms with Crippen LogP contribution in [0.25, 0.3) is 0 Å². The lowest BCUT2D eigenvalue weighted by Crippen LogP contribution is -2.42. The van der Waals surface area contributed by atoms with Crippen molar-refractivity contribution in [2.75, 3.05) is 10.5 Å². The smallest absolute Gasteiger partial charge is 0.389 e. The molecule has 0 unspecified atom stereocenters. The van der Waals surface area contributed by atoms with Crippen molar-refractivity contribution < 1.29 is 36.2 Å². The van der Waals surface area contributed by atoms with Gasteiger partial charge in [0.05, 0.1) is 17.5 Å². The summed E-state index contributed by atoms with van der Waals surface area (Å²) in [5.74, 6) is -1.09. The minimum Gasteiger partial charge on any atom is -0.512 e. The molecule has 3 aromatic rings. The molecular formula is C32H36F3N3O5S. The van der Waals surface area contributed by atoms with E-state index < -0.39 is 46.0 Å². The van der Waals surface area contributed by atoms with E-state index in [0.29, 0.717) is 24.2 Å². The van der Waals surface area contributed by atoms with Gasteiger partial charge in [0.2, 0.25) is 0 Å². The molecule has 2 heterocycles. The summed E-state index contributed by atoms with van der Waals surface area (Å²) in [4.78, 5) is 17.1. The number of hydrogen-bond acceptors (Lipinski definition) is 7. The molecule has 0 fully saturated rings. The fourth-order valence-corrected chi connectivity index (χ4v) is 6.37. The van der Waals surface area contributed by atoms with Crippen LogP contribution in [0, 0.1) is 5.41 Å².